The SMILES string of the molecule is Cc1nnc(-c2cccc(C(=O)O)c2Cl)nn1. The summed E-state index contributed by atoms with van der Waals surface area (Å²) >= 11 is 5.96. The quantitative estimate of drug-likeness (QED) is 0.871. The first-order valence-corrected chi connectivity index (χ1v) is 5.03. The van der Waals surface area contributed by atoms with Crippen LogP contribution in [0.1, 0.15) is 16.2 Å². The van der Waals surface area contributed by atoms with Gasteiger partial charge in [0.25, 0.3) is 0 Å². The number of rotatable bonds is 2. The summed E-state index contributed by atoms with van der Waals surface area (Å²) in [6, 6.07) is 4.58. The summed E-state index contributed by atoms with van der Waals surface area (Å²) in [5, 5.41) is 24.1. The lowest BCUT2D eigenvalue weighted by Gasteiger charge is -2.04. The van der Waals surface area contributed by atoms with Gasteiger partial charge in [0.15, 0.2) is 5.82 Å². The molecule has 6 nitrogen and oxygen atoms in total. The highest BCUT2D eigenvalue weighted by Crippen LogP contribution is 2.27. The molecule has 1 aromatic carbocycles. The molecule has 0 aliphatic carbocycles. The van der Waals surface area contributed by atoms with Gasteiger partial charge in [-0.15, -0.1) is 20.4 Å². The molecule has 17 heavy (non-hydrogen) atoms. The van der Waals surface area contributed by atoms with Gasteiger partial charge in [-0.25, -0.2) is 4.79 Å². The second kappa shape index (κ2) is 4.42. The van der Waals surface area contributed by atoms with Crippen LogP contribution in [0, 0.1) is 6.92 Å². The Balaban J connectivity index is 2.56. The first kappa shape index (κ1) is 11.4. The van der Waals surface area contributed by atoms with Crippen molar-refractivity contribution in [2.24, 2.45) is 0 Å². The monoisotopic (exact) mass is 250 g/mol. The van der Waals surface area contributed by atoms with E-state index in [-0.39, 0.29) is 16.4 Å². The molecule has 2 rings (SSSR count). The van der Waals surface area contributed by atoms with E-state index in [1.807, 2.05) is 0 Å². The van der Waals surface area contributed by atoms with Crippen molar-refractivity contribution < 1.29 is 9.90 Å². The smallest absolute Gasteiger partial charge is 0.337 e. The van der Waals surface area contributed by atoms with E-state index >= 15 is 0 Å². The van der Waals surface area contributed by atoms with Crippen LogP contribution in [0.15, 0.2) is 18.2 Å². The molecule has 0 spiro atoms. The Morgan fingerprint density at radius 2 is 1.88 bits per heavy atom. The summed E-state index contributed by atoms with van der Waals surface area (Å²) in [7, 11) is 0. The second-order valence-electron chi connectivity index (χ2n) is 3.24. The fourth-order valence-corrected chi connectivity index (χ4v) is 1.55. The first-order valence-electron chi connectivity index (χ1n) is 4.66. The van der Waals surface area contributed by atoms with Gasteiger partial charge in [0.1, 0.15) is 0 Å². The van der Waals surface area contributed by atoms with Crippen molar-refractivity contribution >= 4 is 17.6 Å². The number of nitrogens with zero attached hydrogens (tertiary/aromatic N) is 4. The Morgan fingerprint density at radius 1 is 1.24 bits per heavy atom. The fraction of sp³-hybridized carbons (Fsp3) is 0.100. The number of carboxylic acids is 1. The third-order valence-electron chi connectivity index (χ3n) is 2.05. The molecule has 0 amide bonds. The molecule has 86 valence electrons. The van der Waals surface area contributed by atoms with E-state index in [1.165, 1.54) is 6.07 Å². The molecule has 0 unspecified atom stereocenters. The lowest BCUT2D eigenvalue weighted by atomic mass is 10.1. The van der Waals surface area contributed by atoms with Crippen LogP contribution in [0.4, 0.5) is 0 Å². The highest BCUT2D eigenvalue weighted by molar-refractivity contribution is 6.36. The average Bonchev–Trinajstić information content (AvgIpc) is 2.30. The van der Waals surface area contributed by atoms with Crippen LogP contribution in [0.2, 0.25) is 5.02 Å². The minimum atomic E-state index is -1.11. The van der Waals surface area contributed by atoms with Crippen molar-refractivity contribution in [3.63, 3.8) is 0 Å². The van der Waals surface area contributed by atoms with Crippen LogP contribution in [-0.2, 0) is 0 Å². The zero-order valence-corrected chi connectivity index (χ0v) is 9.51. The molecule has 0 atom stereocenters. The number of aryl methyl sites for hydroxylation is 1. The minimum Gasteiger partial charge on any atom is -0.478 e. The highest BCUT2D eigenvalue weighted by atomic mass is 35.5. The third kappa shape index (κ3) is 2.21. The molecule has 0 aliphatic heterocycles. The summed E-state index contributed by atoms with van der Waals surface area (Å²) in [4.78, 5) is 10.9. The number of carbonyl (C=O) groups is 1. The molecule has 0 aliphatic rings. The number of benzene rings is 1. The maximum Gasteiger partial charge on any atom is 0.337 e. The first-order chi connectivity index (χ1) is 8.09. The van der Waals surface area contributed by atoms with E-state index in [1.54, 1.807) is 19.1 Å². The molecule has 0 bridgehead atoms. The van der Waals surface area contributed by atoms with Gasteiger partial charge in [0.2, 0.25) is 5.82 Å². The average molecular weight is 251 g/mol. The van der Waals surface area contributed by atoms with Crippen LogP contribution in [0.25, 0.3) is 11.4 Å². The standard InChI is InChI=1S/C10H7ClN4O2/c1-5-12-14-9(15-13-5)6-3-2-4-7(8(6)11)10(16)17/h2-4H,1H3,(H,16,17). The van der Waals surface area contributed by atoms with E-state index < -0.39 is 5.97 Å². The molecule has 2 aromatic rings. The minimum absolute atomic E-state index is 0.00617. The molecular weight excluding hydrogens is 244 g/mol. The maximum atomic E-state index is 10.9. The van der Waals surface area contributed by atoms with Gasteiger partial charge in [-0.2, -0.15) is 0 Å². The molecule has 1 aromatic heterocycles. The van der Waals surface area contributed by atoms with E-state index in [9.17, 15) is 4.79 Å². The number of carboxylic acid groups (broad SMARTS) is 1. The zero-order chi connectivity index (χ0) is 12.4. The van der Waals surface area contributed by atoms with Crippen molar-refractivity contribution in [3.05, 3.63) is 34.6 Å². The second-order valence-corrected chi connectivity index (χ2v) is 3.62. The molecule has 0 saturated heterocycles. The molecule has 0 radical (unpaired) electrons. The van der Waals surface area contributed by atoms with Gasteiger partial charge >= 0.3 is 5.97 Å². The number of aromatic nitrogens is 4. The number of hydrogen-bond acceptors (Lipinski definition) is 5. The molecule has 0 saturated carbocycles. The largest absolute Gasteiger partial charge is 0.478 e. The Hall–Kier alpha value is -2.08. The number of halogens is 1. The van der Waals surface area contributed by atoms with Crippen molar-refractivity contribution in [2.75, 3.05) is 0 Å². The van der Waals surface area contributed by atoms with Crippen LogP contribution >= 0.6 is 11.6 Å². The van der Waals surface area contributed by atoms with Crippen molar-refractivity contribution in [1.82, 2.24) is 20.4 Å². The lowest BCUT2D eigenvalue weighted by Crippen LogP contribution is -2.02. The Bertz CT molecular complexity index is 571. The predicted molar refractivity (Wildman–Crippen MR) is 59.8 cm³/mol. The van der Waals surface area contributed by atoms with Gasteiger partial charge in [-0.1, -0.05) is 17.7 Å². The summed E-state index contributed by atoms with van der Waals surface area (Å²) in [6.07, 6.45) is 0. The predicted octanol–water partition coefficient (Wildman–Crippen LogP) is 1.59. The van der Waals surface area contributed by atoms with E-state index in [0.717, 1.165) is 0 Å². The summed E-state index contributed by atoms with van der Waals surface area (Å²) in [5.74, 6) is -0.479. The summed E-state index contributed by atoms with van der Waals surface area (Å²) in [6.45, 7) is 1.65. The van der Waals surface area contributed by atoms with Crippen molar-refractivity contribution in [3.8, 4) is 11.4 Å². The number of aromatic carboxylic acids is 1. The Kier molecular flexibility index (Phi) is 2.97. The number of hydrogen-bond donors (Lipinski definition) is 1. The fourth-order valence-electron chi connectivity index (χ4n) is 1.26. The van der Waals surface area contributed by atoms with Crippen molar-refractivity contribution in [2.45, 2.75) is 6.92 Å². The Labute approximate surface area is 101 Å². The Morgan fingerprint density at radius 3 is 2.47 bits per heavy atom. The highest BCUT2D eigenvalue weighted by Gasteiger charge is 2.15. The van der Waals surface area contributed by atoms with E-state index in [4.69, 9.17) is 16.7 Å². The van der Waals surface area contributed by atoms with Crippen LogP contribution in [-0.4, -0.2) is 31.5 Å². The topological polar surface area (TPSA) is 88.9 Å². The van der Waals surface area contributed by atoms with E-state index in [0.29, 0.717) is 11.4 Å². The van der Waals surface area contributed by atoms with Crippen LogP contribution < -0.4 is 0 Å². The molecule has 1 heterocycles. The van der Waals surface area contributed by atoms with Crippen LogP contribution in [0.3, 0.4) is 0 Å². The van der Waals surface area contributed by atoms with Gasteiger partial charge in [0, 0.05) is 5.56 Å². The maximum absolute atomic E-state index is 10.9. The third-order valence-corrected chi connectivity index (χ3v) is 2.46. The van der Waals surface area contributed by atoms with Gasteiger partial charge < -0.3 is 5.11 Å². The molecule has 0 fully saturated rings. The molecule has 7 heteroatoms. The normalized spacial score (nSPS) is 10.2. The van der Waals surface area contributed by atoms with E-state index in [2.05, 4.69) is 20.4 Å². The summed E-state index contributed by atoms with van der Waals surface area (Å²) in [5.41, 5.74) is 0.389. The molecular formula is C10H7ClN4O2. The van der Waals surface area contributed by atoms with Gasteiger partial charge in [0.05, 0.1) is 10.6 Å². The zero-order valence-electron chi connectivity index (χ0n) is 8.75. The van der Waals surface area contributed by atoms with Gasteiger partial charge in [-0.05, 0) is 19.1 Å². The summed E-state index contributed by atoms with van der Waals surface area (Å²) < 4.78 is 0. The molecule has 1 N–H and O–H groups in total. The van der Waals surface area contributed by atoms with Gasteiger partial charge in [-0.3, -0.25) is 0 Å². The van der Waals surface area contributed by atoms with Crippen LogP contribution in [0.5, 0.6) is 0 Å². The van der Waals surface area contributed by atoms with Crippen molar-refractivity contribution in [1.29, 1.82) is 0 Å². The lowest BCUT2D eigenvalue weighted by molar-refractivity contribution is 0.0697.